The topological polar surface area (TPSA) is 456 Å². The van der Waals surface area contributed by atoms with Crippen molar-refractivity contribution in [3.05, 3.63) is 191 Å². The first-order valence-corrected chi connectivity index (χ1v) is 49.5. The van der Waals surface area contributed by atoms with Gasteiger partial charge in [-0.05, 0) is 127 Å². The molecule has 0 spiro atoms. The fourth-order valence-electron chi connectivity index (χ4n) is 18.8. The summed E-state index contributed by atoms with van der Waals surface area (Å²) in [6.07, 6.45) is -0.714. The Hall–Kier alpha value is -12.7. The van der Waals surface area contributed by atoms with E-state index >= 15 is 38.4 Å². The predicted octanol–water partition coefficient (Wildman–Crippen LogP) is 4.35. The van der Waals surface area contributed by atoms with Crippen molar-refractivity contribution < 1.29 is 96.4 Å². The number of fused-ring (bicyclic) bond motifs is 4. The molecule has 6 aromatic rings. The van der Waals surface area contributed by atoms with E-state index in [0.29, 0.717) is 74.7 Å². The van der Waals surface area contributed by atoms with Crippen LogP contribution in [0.5, 0.6) is 11.5 Å². The van der Waals surface area contributed by atoms with Gasteiger partial charge in [0.2, 0.25) is 59.1 Å². The predicted molar refractivity (Wildman–Crippen MR) is 511 cm³/mol. The molecule has 0 bridgehead atoms. The van der Waals surface area contributed by atoms with E-state index < -0.39 is 214 Å². The van der Waals surface area contributed by atoms with E-state index in [0.717, 1.165) is 11.1 Å². The molecule has 0 saturated carbocycles. The zero-order valence-electron chi connectivity index (χ0n) is 79.4. The molecule has 7 aliphatic heterocycles. The molecule has 138 heavy (non-hydrogen) atoms. The van der Waals surface area contributed by atoms with Crippen LogP contribution in [0.4, 0.5) is 0 Å². The maximum Gasteiger partial charge on any atom is 0.333 e. The van der Waals surface area contributed by atoms with Gasteiger partial charge in [0.05, 0.1) is 0 Å². The van der Waals surface area contributed by atoms with Crippen LogP contribution in [-0.4, -0.2) is 328 Å². The number of nitrogens with zero attached hydrogens (tertiary/aromatic N) is 10. The Labute approximate surface area is 810 Å². The summed E-state index contributed by atoms with van der Waals surface area (Å²) in [5.74, 6) is -13.7. The van der Waals surface area contributed by atoms with Crippen molar-refractivity contribution in [1.82, 2.24) is 81.1 Å². The Bertz CT molecular complexity index is 5170. The quantitative estimate of drug-likeness (QED) is 0.0346. The third-order valence-electron chi connectivity index (χ3n) is 27.7. The van der Waals surface area contributed by atoms with E-state index in [1.54, 1.807) is 74.5 Å². The number of ketones is 2. The highest BCUT2D eigenvalue weighted by molar-refractivity contribution is 7.99. The molecule has 7 aliphatic rings. The Morgan fingerprint density at radius 1 is 0.464 bits per heavy atom. The first kappa shape index (κ1) is 103. The second-order valence-electron chi connectivity index (χ2n) is 37.2. The number of carbonyl (C=O) groups excluding carboxylic acids is 16. The van der Waals surface area contributed by atoms with Crippen molar-refractivity contribution >= 4 is 118 Å². The van der Waals surface area contributed by atoms with Crippen LogP contribution in [0.15, 0.2) is 146 Å². The molecule has 4 aromatic carbocycles. The number of aromatic hydroxyl groups is 2. The van der Waals surface area contributed by atoms with E-state index in [9.17, 15) is 48.6 Å². The van der Waals surface area contributed by atoms with Gasteiger partial charge in [-0.3, -0.25) is 76.9 Å². The van der Waals surface area contributed by atoms with Crippen molar-refractivity contribution in [3.63, 3.8) is 0 Å². The number of likely N-dealkylation sites (N-methyl/N-ethyl adjacent to an activating group) is 2. The van der Waals surface area contributed by atoms with Crippen LogP contribution in [0.3, 0.4) is 0 Å². The molecule has 13 rings (SSSR count). The summed E-state index contributed by atoms with van der Waals surface area (Å²) in [5, 5.41) is 37.6. The number of amides is 12. The molecule has 8 N–H and O–H groups in total. The van der Waals surface area contributed by atoms with Gasteiger partial charge in [-0.1, -0.05) is 134 Å². The van der Waals surface area contributed by atoms with E-state index in [1.807, 2.05) is 62.4 Å². The molecule has 36 nitrogen and oxygen atoms in total. The van der Waals surface area contributed by atoms with Gasteiger partial charge in [-0.15, -0.1) is 0 Å². The van der Waals surface area contributed by atoms with Crippen LogP contribution in [-0.2, 0) is 89.4 Å². The number of piperazine rings is 1. The molecule has 9 heterocycles. The maximum atomic E-state index is 16.1. The highest BCUT2D eigenvalue weighted by atomic mass is 32.2. The van der Waals surface area contributed by atoms with Crippen molar-refractivity contribution in [3.8, 4) is 11.5 Å². The van der Waals surface area contributed by atoms with Crippen LogP contribution in [0.25, 0.3) is 0 Å². The number of hydrogen-bond donors (Lipinski definition) is 8. The molecule has 7 saturated heterocycles. The molecule has 736 valence electrons. The number of nitrogens with one attached hydrogen (secondary N) is 6. The number of benzene rings is 4. The number of esters is 2. The zero-order valence-corrected chi connectivity index (χ0v) is 81.1. The molecule has 7 fully saturated rings. The minimum absolute atomic E-state index is 0.0306. The largest absolute Gasteiger partial charge is 0.505 e. The molecular weight excluding hydrogens is 1810 g/mol. The average molecular weight is 1930 g/mol. The van der Waals surface area contributed by atoms with Crippen LogP contribution >= 0.6 is 23.5 Å². The summed E-state index contributed by atoms with van der Waals surface area (Å²) in [6.45, 7) is 16.3. The van der Waals surface area contributed by atoms with Gasteiger partial charge in [-0.2, -0.15) is 23.5 Å². The van der Waals surface area contributed by atoms with Crippen molar-refractivity contribution in [2.75, 3.05) is 103 Å². The highest BCUT2D eigenvalue weighted by Gasteiger charge is 2.53. The number of ether oxygens (including phenoxy) is 2. The van der Waals surface area contributed by atoms with Crippen LogP contribution in [0.2, 0.25) is 0 Å². The molecule has 2 aromatic heterocycles. The van der Waals surface area contributed by atoms with E-state index in [4.69, 9.17) is 9.47 Å². The van der Waals surface area contributed by atoms with Gasteiger partial charge >= 0.3 is 11.9 Å². The molecule has 0 radical (unpaired) electrons. The lowest BCUT2D eigenvalue weighted by Gasteiger charge is -2.42. The Kier molecular flexibility index (Phi) is 34.0. The summed E-state index contributed by atoms with van der Waals surface area (Å²) in [5.41, 5.74) is -0.880. The Balaban J connectivity index is 0.695. The number of pyridine rings is 2. The fourth-order valence-corrected chi connectivity index (χ4v) is 21.1. The SMILES string of the molecule is CCC1(C)NC(=O)[C@@H](NC(=O)c2ncccc2O)[C@@H](C)OC(=O)[C@H](c2ccccc2)NC(=O)[C@@H]2CC(=O)C(CSCCN3CCN(CCSCC4CN5C(=O)[C@H](Cc6ccc(C)cc6)N(C)C(=O)[C@@H]6CCCN6C(=O)C(C)(CC)NC(=O)[C@@H](NC(=O)c6ncccc6O)[C@@H](C)OC(=O)[C@H](c6ccccc6)NC(=O)[C@@H]5CC4=O)CC3)CN2C(=O)[C@H](Cc2ccc(C)cc2)N(C)C(=O)[C@@H]2CCCN2C1=O. The van der Waals surface area contributed by atoms with Crippen LogP contribution in [0, 0.1) is 25.7 Å². The van der Waals surface area contributed by atoms with E-state index in [-0.39, 0.29) is 98.9 Å². The number of carbonyl (C=O) groups is 16. The summed E-state index contributed by atoms with van der Waals surface area (Å²) in [4.78, 5) is 262. The van der Waals surface area contributed by atoms with Crippen molar-refractivity contribution in [1.29, 1.82) is 0 Å². The first-order valence-electron chi connectivity index (χ1n) is 47.2. The Morgan fingerprint density at radius 3 is 1.17 bits per heavy atom. The number of rotatable bonds is 22. The third-order valence-corrected chi connectivity index (χ3v) is 29.9. The van der Waals surface area contributed by atoms with Gasteiger partial charge in [0.25, 0.3) is 11.8 Å². The average Bonchev–Trinajstić information content (AvgIpc) is 1.42. The zero-order chi connectivity index (χ0) is 99.1. The summed E-state index contributed by atoms with van der Waals surface area (Å²) >= 11 is 3.01. The smallest absolute Gasteiger partial charge is 0.333 e. The van der Waals surface area contributed by atoms with Gasteiger partial charge in [0, 0.05) is 152 Å². The van der Waals surface area contributed by atoms with Crippen LogP contribution in [0.1, 0.15) is 159 Å². The molecular formula is C100H124N16O20S2. The van der Waals surface area contributed by atoms with E-state index in [1.165, 1.54) is 131 Å². The van der Waals surface area contributed by atoms with Gasteiger partial charge in [0.15, 0.2) is 23.5 Å². The fraction of sp³-hybridized carbons (Fsp3) is 0.500. The summed E-state index contributed by atoms with van der Waals surface area (Å²) < 4.78 is 12.1. The highest BCUT2D eigenvalue weighted by Crippen LogP contribution is 2.35. The number of aromatic nitrogens is 2. The lowest BCUT2D eigenvalue weighted by atomic mass is 9.90. The summed E-state index contributed by atoms with van der Waals surface area (Å²) in [7, 11) is 2.94. The minimum atomic E-state index is -1.79. The second kappa shape index (κ2) is 45.7. The lowest BCUT2D eigenvalue weighted by molar-refractivity contribution is -0.158. The normalized spacial score (nSPS) is 27.6. The summed E-state index contributed by atoms with van der Waals surface area (Å²) in [6, 6.07) is 21.0. The Morgan fingerprint density at radius 2 is 0.826 bits per heavy atom. The monoisotopic (exact) mass is 1930 g/mol. The molecule has 4 unspecified atom stereocenters. The van der Waals surface area contributed by atoms with Crippen molar-refractivity contribution in [2.24, 2.45) is 11.8 Å². The van der Waals surface area contributed by atoms with Crippen molar-refractivity contribution in [2.45, 2.75) is 203 Å². The molecule has 0 aliphatic carbocycles. The molecule has 38 heteroatoms. The number of thioether (sulfide) groups is 2. The number of hydrogen-bond acceptors (Lipinski definition) is 26. The minimum Gasteiger partial charge on any atom is -0.505 e. The van der Waals surface area contributed by atoms with Crippen LogP contribution < -0.4 is 31.9 Å². The second-order valence-corrected chi connectivity index (χ2v) is 39.5. The van der Waals surface area contributed by atoms with Gasteiger partial charge < -0.3 is 81.0 Å². The number of Topliss-reactive ketones (excluding diaryl/α,β-unsaturated/α-hetero) is 2. The van der Waals surface area contributed by atoms with Gasteiger partial charge in [-0.25, -0.2) is 19.6 Å². The van der Waals surface area contributed by atoms with Gasteiger partial charge in [0.1, 0.15) is 94.7 Å². The lowest BCUT2D eigenvalue weighted by Crippen LogP contribution is -2.65. The number of aryl methyl sites for hydroxylation is 2. The van der Waals surface area contributed by atoms with E-state index in [2.05, 4.69) is 51.7 Å². The third kappa shape index (κ3) is 24.0. The first-order chi connectivity index (χ1) is 66.0. The number of cyclic esters (lactones) is 2. The maximum absolute atomic E-state index is 16.1. The number of piperidine rings is 2. The molecule has 12 amide bonds. The standard InChI is InChI=1S/C100H124N16O20S2/c1-11-99(7)97(133)113-41-21-27-69(113)91(127)109(9)73(51-63-35-31-59(3)32-36-63)93(129)115-55-67(77(119)53-71(115)85(121)105-81(65-23-15-13-16-24-65)95(131)135-61(5)79(89(125)107-99)103-87(123)83-75(117)29-19-39-101-83)57-137-49-47-111-43-45-112(46-44-111)48-50-138-58-68-56-116-72(54-78(68)120)86(122)106-82(66-25-17-14-18-26-66)96(132)136-62(6)80(104-88(124)84-76(118)30-20-40-102-84)90(126)108-100(8,12-2)98(134)114-42-22-28-70(114)92(128)110(10)74(94(116)130)52-64-37-33-60(4)34-38-64/h13-20,23-26,29-40,61-62,67-74,79-82,117-118H,11-12,21-22,27-28,41-58H2,1-10H3,(H,103,123)(H,104,124)(H,105,121)(H,106,122)(H,107,125)(H,108,126)/t61-,62-,67?,68?,69+,70+,71+,72+,73+,74+,79+,80+,81+,82+,99?,100?/m1/s1. The molecule has 16 atom stereocenters.